The fourth-order valence-electron chi connectivity index (χ4n) is 1.20. The van der Waals surface area contributed by atoms with Gasteiger partial charge in [-0.1, -0.05) is 48.4 Å². The molecule has 0 rings (SSSR count). The van der Waals surface area contributed by atoms with Crippen LogP contribution >= 0.6 is 15.9 Å². The molecule has 0 radical (unpaired) electrons. The second kappa shape index (κ2) is 10.1. The van der Waals surface area contributed by atoms with Crippen molar-refractivity contribution in [1.82, 2.24) is 5.32 Å². The summed E-state index contributed by atoms with van der Waals surface area (Å²) in [5.74, 6) is -0.375. The molecule has 0 aromatic heterocycles. The van der Waals surface area contributed by atoms with Crippen molar-refractivity contribution in [1.29, 1.82) is 0 Å². The van der Waals surface area contributed by atoms with E-state index in [4.69, 9.17) is 5.73 Å². The minimum Gasteiger partial charge on any atom is -0.351 e. The van der Waals surface area contributed by atoms with Gasteiger partial charge in [0.05, 0.1) is 0 Å². The van der Waals surface area contributed by atoms with E-state index < -0.39 is 10.4 Å². The Hall–Kier alpha value is -0.840. The third-order valence-electron chi connectivity index (χ3n) is 2.38. The highest BCUT2D eigenvalue weighted by Crippen LogP contribution is 2.26. The van der Waals surface area contributed by atoms with Gasteiger partial charge in [0.15, 0.2) is 0 Å². The summed E-state index contributed by atoms with van der Waals surface area (Å²) < 4.78 is -0.665. The monoisotopic (exact) mass is 320 g/mol. The second-order valence-electron chi connectivity index (χ2n) is 4.18. The molecular formula is C13H25BrN2O2. The SMILES string of the molecule is CCC(Br)(CC)C(=O)NC(N)=O.CCC=C(C)C. The number of nitrogens with two attached hydrogens (primary N) is 1. The Morgan fingerprint density at radius 1 is 1.22 bits per heavy atom. The summed E-state index contributed by atoms with van der Waals surface area (Å²) in [4.78, 5) is 21.6. The second-order valence-corrected chi connectivity index (χ2v) is 5.70. The summed E-state index contributed by atoms with van der Waals surface area (Å²) in [6, 6.07) is -0.814. The number of alkyl halides is 1. The average molecular weight is 321 g/mol. The average Bonchev–Trinajstić information content (AvgIpc) is 2.27. The van der Waals surface area contributed by atoms with Crippen molar-refractivity contribution in [3.8, 4) is 0 Å². The predicted octanol–water partition coefficient (Wildman–Crippen LogP) is 3.50. The number of allylic oxidation sites excluding steroid dienone is 2. The van der Waals surface area contributed by atoms with E-state index in [-0.39, 0.29) is 5.91 Å². The highest BCUT2D eigenvalue weighted by atomic mass is 79.9. The number of hydrogen-bond donors (Lipinski definition) is 2. The van der Waals surface area contributed by atoms with Crippen LogP contribution in [0.5, 0.6) is 0 Å². The summed E-state index contributed by atoms with van der Waals surface area (Å²) in [6.07, 6.45) is 4.60. The molecule has 0 unspecified atom stereocenters. The third-order valence-corrected chi connectivity index (χ3v) is 3.86. The largest absolute Gasteiger partial charge is 0.351 e. The number of imide groups is 1. The lowest BCUT2D eigenvalue weighted by molar-refractivity contribution is -0.122. The lowest BCUT2D eigenvalue weighted by atomic mass is 10.0. The maximum Gasteiger partial charge on any atom is 0.318 e. The molecule has 0 aliphatic heterocycles. The molecule has 0 aliphatic carbocycles. The summed E-state index contributed by atoms with van der Waals surface area (Å²) >= 11 is 3.26. The van der Waals surface area contributed by atoms with Crippen molar-refractivity contribution in [3.63, 3.8) is 0 Å². The first-order chi connectivity index (χ1) is 8.23. The zero-order chi connectivity index (χ0) is 14.8. The van der Waals surface area contributed by atoms with Gasteiger partial charge in [0, 0.05) is 0 Å². The number of carbonyl (C=O) groups excluding carboxylic acids is 2. The minimum atomic E-state index is -0.814. The number of nitrogens with one attached hydrogen (secondary N) is 1. The number of hydrogen-bond acceptors (Lipinski definition) is 2. The third kappa shape index (κ3) is 9.22. The van der Waals surface area contributed by atoms with Crippen LogP contribution in [-0.2, 0) is 4.79 Å². The van der Waals surface area contributed by atoms with Crippen molar-refractivity contribution >= 4 is 27.9 Å². The molecule has 106 valence electrons. The van der Waals surface area contributed by atoms with Gasteiger partial charge in [-0.3, -0.25) is 10.1 Å². The van der Waals surface area contributed by atoms with Gasteiger partial charge in [-0.25, -0.2) is 4.79 Å². The number of halogens is 1. The predicted molar refractivity (Wildman–Crippen MR) is 79.7 cm³/mol. The van der Waals surface area contributed by atoms with Gasteiger partial charge in [-0.05, 0) is 33.1 Å². The van der Waals surface area contributed by atoms with E-state index in [1.807, 2.05) is 19.2 Å². The van der Waals surface area contributed by atoms with E-state index >= 15 is 0 Å². The fourth-order valence-corrected chi connectivity index (χ4v) is 1.30. The first-order valence-electron chi connectivity index (χ1n) is 6.16. The zero-order valence-corrected chi connectivity index (χ0v) is 13.6. The van der Waals surface area contributed by atoms with E-state index in [2.05, 4.69) is 42.8 Å². The Bertz CT molecular complexity index is 293. The number of urea groups is 1. The Balaban J connectivity index is 0. The summed E-state index contributed by atoms with van der Waals surface area (Å²) in [6.45, 7) is 10.1. The molecule has 0 atom stereocenters. The number of primary amides is 1. The Labute approximate surface area is 119 Å². The lowest BCUT2D eigenvalue weighted by Gasteiger charge is -2.21. The van der Waals surface area contributed by atoms with Crippen molar-refractivity contribution in [3.05, 3.63) is 11.6 Å². The number of carbonyl (C=O) groups is 2. The molecule has 3 amide bonds. The highest BCUT2D eigenvalue weighted by Gasteiger charge is 2.32. The van der Waals surface area contributed by atoms with Crippen LogP contribution in [-0.4, -0.2) is 16.3 Å². The molecule has 0 aromatic rings. The molecule has 0 saturated heterocycles. The molecule has 4 nitrogen and oxygen atoms in total. The van der Waals surface area contributed by atoms with E-state index in [1.165, 1.54) is 12.0 Å². The van der Waals surface area contributed by atoms with Crippen molar-refractivity contribution in [2.45, 2.75) is 58.2 Å². The maximum absolute atomic E-state index is 11.3. The van der Waals surface area contributed by atoms with Crippen LogP contribution in [0.4, 0.5) is 4.79 Å². The van der Waals surface area contributed by atoms with Crippen molar-refractivity contribution in [2.24, 2.45) is 5.73 Å². The highest BCUT2D eigenvalue weighted by molar-refractivity contribution is 9.10. The van der Waals surface area contributed by atoms with Crippen LogP contribution in [0, 0.1) is 0 Å². The van der Waals surface area contributed by atoms with Gasteiger partial charge in [0.2, 0.25) is 5.91 Å². The number of amides is 3. The van der Waals surface area contributed by atoms with Gasteiger partial charge in [0.25, 0.3) is 0 Å². The maximum atomic E-state index is 11.3. The molecule has 0 saturated carbocycles. The van der Waals surface area contributed by atoms with Crippen LogP contribution in [0.25, 0.3) is 0 Å². The molecule has 5 heteroatoms. The van der Waals surface area contributed by atoms with E-state index in [9.17, 15) is 9.59 Å². The van der Waals surface area contributed by atoms with E-state index in [1.54, 1.807) is 0 Å². The minimum absolute atomic E-state index is 0.375. The summed E-state index contributed by atoms with van der Waals surface area (Å²) in [5, 5.41) is 2.04. The van der Waals surface area contributed by atoms with Crippen molar-refractivity contribution < 1.29 is 9.59 Å². The smallest absolute Gasteiger partial charge is 0.318 e. The normalized spacial score (nSPS) is 9.89. The fraction of sp³-hybridized carbons (Fsp3) is 0.692. The Kier molecular flexibility index (Phi) is 11.0. The standard InChI is InChI=1S/C7H13BrN2O2.C6H12/c1-3-7(8,4-2)5(11)10-6(9)12;1-4-5-6(2)3/h3-4H2,1-2H3,(H3,9,10,11,12);5H,4H2,1-3H3. The van der Waals surface area contributed by atoms with Crippen LogP contribution in [0.3, 0.4) is 0 Å². The molecule has 0 fully saturated rings. The Morgan fingerprint density at radius 2 is 1.67 bits per heavy atom. The Morgan fingerprint density at radius 3 is 1.83 bits per heavy atom. The van der Waals surface area contributed by atoms with E-state index in [0.29, 0.717) is 12.8 Å². The molecule has 18 heavy (non-hydrogen) atoms. The van der Waals surface area contributed by atoms with Gasteiger partial charge >= 0.3 is 6.03 Å². The van der Waals surface area contributed by atoms with Crippen LogP contribution in [0.15, 0.2) is 11.6 Å². The van der Waals surface area contributed by atoms with E-state index in [0.717, 1.165) is 0 Å². The van der Waals surface area contributed by atoms with Gasteiger partial charge in [0.1, 0.15) is 4.32 Å². The van der Waals surface area contributed by atoms with Gasteiger partial charge in [-0.2, -0.15) is 0 Å². The topological polar surface area (TPSA) is 72.2 Å². The van der Waals surface area contributed by atoms with Crippen molar-refractivity contribution in [2.75, 3.05) is 0 Å². The first-order valence-corrected chi connectivity index (χ1v) is 6.95. The van der Waals surface area contributed by atoms with Gasteiger partial charge < -0.3 is 5.73 Å². The molecule has 3 N–H and O–H groups in total. The molecule has 0 spiro atoms. The first kappa shape index (κ1) is 19.5. The summed E-state index contributed by atoms with van der Waals surface area (Å²) in [5.41, 5.74) is 6.22. The molecule has 0 heterocycles. The summed E-state index contributed by atoms with van der Waals surface area (Å²) in [7, 11) is 0. The molecule has 0 aromatic carbocycles. The molecule has 0 aliphatic rings. The quantitative estimate of drug-likeness (QED) is 0.614. The molecular weight excluding hydrogens is 296 g/mol. The number of rotatable bonds is 4. The van der Waals surface area contributed by atoms with Gasteiger partial charge in [-0.15, -0.1) is 0 Å². The molecule has 0 bridgehead atoms. The van der Waals surface area contributed by atoms with Crippen LogP contribution in [0.2, 0.25) is 0 Å². The zero-order valence-electron chi connectivity index (χ0n) is 12.0. The lowest BCUT2D eigenvalue weighted by Crippen LogP contribution is -2.46. The van der Waals surface area contributed by atoms with Crippen LogP contribution < -0.4 is 11.1 Å². The van der Waals surface area contributed by atoms with Crippen LogP contribution in [0.1, 0.15) is 53.9 Å².